The summed E-state index contributed by atoms with van der Waals surface area (Å²) in [5.41, 5.74) is 2.66. The molecule has 0 fully saturated rings. The maximum absolute atomic E-state index is 12.9. The van der Waals surface area contributed by atoms with Gasteiger partial charge in [-0.15, -0.1) is 0 Å². The Labute approximate surface area is 136 Å². The number of ether oxygens (including phenoxy) is 1. The van der Waals surface area contributed by atoms with Crippen molar-refractivity contribution in [2.45, 2.75) is 26.3 Å². The lowest BCUT2D eigenvalue weighted by Crippen LogP contribution is -2.34. The maximum atomic E-state index is 12.9. The van der Waals surface area contributed by atoms with E-state index in [1.54, 1.807) is 12.5 Å². The van der Waals surface area contributed by atoms with Crippen LogP contribution in [-0.2, 0) is 11.3 Å². The van der Waals surface area contributed by atoms with Gasteiger partial charge in [-0.1, -0.05) is 31.5 Å². The number of benzene rings is 1. The van der Waals surface area contributed by atoms with Gasteiger partial charge in [0.05, 0.1) is 18.1 Å². The number of hydrogen-bond donors (Lipinski definition) is 0. The van der Waals surface area contributed by atoms with E-state index in [2.05, 4.69) is 6.92 Å². The standard InChI is InChI=1S/C19H21NO3/c1-2-3-9-20(12-15-8-10-22-13-15)19(21)17-11-16-6-4-5-7-18(16)23-14-17/h4-8,10-11,13H,2-3,9,12,14H2,1H3. The second kappa shape index (κ2) is 7.18. The molecule has 0 radical (unpaired) electrons. The molecule has 2 heterocycles. The zero-order valence-corrected chi connectivity index (χ0v) is 13.3. The molecule has 23 heavy (non-hydrogen) atoms. The lowest BCUT2D eigenvalue weighted by Gasteiger charge is -2.25. The molecule has 0 saturated carbocycles. The van der Waals surface area contributed by atoms with Gasteiger partial charge in [-0.25, -0.2) is 0 Å². The van der Waals surface area contributed by atoms with E-state index in [0.717, 1.165) is 36.3 Å². The Kier molecular flexibility index (Phi) is 4.81. The second-order valence-electron chi connectivity index (χ2n) is 5.71. The van der Waals surface area contributed by atoms with Gasteiger partial charge in [0.2, 0.25) is 0 Å². The van der Waals surface area contributed by atoms with Crippen LogP contribution in [0, 0.1) is 0 Å². The molecule has 0 bridgehead atoms. The third kappa shape index (κ3) is 3.65. The number of rotatable bonds is 6. The highest BCUT2D eigenvalue weighted by Gasteiger charge is 2.22. The van der Waals surface area contributed by atoms with Crippen LogP contribution in [0.1, 0.15) is 30.9 Å². The smallest absolute Gasteiger partial charge is 0.253 e. The molecule has 1 amide bonds. The highest BCUT2D eigenvalue weighted by atomic mass is 16.5. The predicted octanol–water partition coefficient (Wildman–Crippen LogP) is 3.88. The van der Waals surface area contributed by atoms with Crippen molar-refractivity contribution >= 4 is 12.0 Å². The fraction of sp³-hybridized carbons (Fsp3) is 0.316. The summed E-state index contributed by atoms with van der Waals surface area (Å²) in [7, 11) is 0. The molecule has 0 aliphatic carbocycles. The number of para-hydroxylation sites is 1. The van der Waals surface area contributed by atoms with E-state index < -0.39 is 0 Å². The number of fused-ring (bicyclic) bond motifs is 1. The van der Waals surface area contributed by atoms with E-state index in [1.807, 2.05) is 41.3 Å². The third-order valence-corrected chi connectivity index (χ3v) is 3.93. The van der Waals surface area contributed by atoms with E-state index in [1.165, 1.54) is 0 Å². The molecular weight excluding hydrogens is 290 g/mol. The first kappa shape index (κ1) is 15.4. The van der Waals surface area contributed by atoms with Gasteiger partial charge in [0.1, 0.15) is 12.4 Å². The molecule has 4 heteroatoms. The van der Waals surface area contributed by atoms with Crippen molar-refractivity contribution in [1.29, 1.82) is 0 Å². The molecule has 0 spiro atoms. The SMILES string of the molecule is CCCCN(Cc1ccoc1)C(=O)C1=Cc2ccccc2OC1. The first-order valence-electron chi connectivity index (χ1n) is 8.00. The fourth-order valence-electron chi connectivity index (χ4n) is 2.65. The van der Waals surface area contributed by atoms with Crippen LogP contribution in [0.25, 0.3) is 6.08 Å². The maximum Gasteiger partial charge on any atom is 0.253 e. The van der Waals surface area contributed by atoms with Crippen molar-refractivity contribution in [2.24, 2.45) is 0 Å². The van der Waals surface area contributed by atoms with Crippen LogP contribution in [0.5, 0.6) is 5.75 Å². The average molecular weight is 311 g/mol. The van der Waals surface area contributed by atoms with Gasteiger partial charge in [-0.05, 0) is 24.6 Å². The molecule has 1 aliphatic heterocycles. The minimum Gasteiger partial charge on any atom is -0.488 e. The van der Waals surface area contributed by atoms with Crippen LogP contribution in [0.4, 0.5) is 0 Å². The second-order valence-corrected chi connectivity index (χ2v) is 5.71. The van der Waals surface area contributed by atoms with E-state index in [9.17, 15) is 4.79 Å². The summed E-state index contributed by atoms with van der Waals surface area (Å²) < 4.78 is 10.8. The Hall–Kier alpha value is -2.49. The van der Waals surface area contributed by atoms with E-state index in [0.29, 0.717) is 18.7 Å². The molecule has 0 N–H and O–H groups in total. The minimum absolute atomic E-state index is 0.0363. The van der Waals surface area contributed by atoms with Gasteiger partial charge >= 0.3 is 0 Å². The molecular formula is C19H21NO3. The van der Waals surface area contributed by atoms with Gasteiger partial charge in [0, 0.05) is 24.2 Å². The summed E-state index contributed by atoms with van der Waals surface area (Å²) in [6.07, 6.45) is 7.29. The van der Waals surface area contributed by atoms with Gasteiger partial charge < -0.3 is 14.1 Å². The van der Waals surface area contributed by atoms with E-state index in [-0.39, 0.29) is 5.91 Å². The van der Waals surface area contributed by atoms with Crippen molar-refractivity contribution in [3.63, 3.8) is 0 Å². The number of furan rings is 1. The Morgan fingerprint density at radius 2 is 2.13 bits per heavy atom. The summed E-state index contributed by atoms with van der Waals surface area (Å²) in [5, 5.41) is 0. The van der Waals surface area contributed by atoms with Crippen molar-refractivity contribution < 1.29 is 13.9 Å². The van der Waals surface area contributed by atoms with Crippen LogP contribution < -0.4 is 4.74 Å². The van der Waals surface area contributed by atoms with Crippen molar-refractivity contribution in [2.75, 3.05) is 13.2 Å². The zero-order chi connectivity index (χ0) is 16.1. The number of carbonyl (C=O) groups excluding carboxylic acids is 1. The predicted molar refractivity (Wildman–Crippen MR) is 88.9 cm³/mol. The minimum atomic E-state index is 0.0363. The fourth-order valence-corrected chi connectivity index (χ4v) is 2.65. The quantitative estimate of drug-likeness (QED) is 0.813. The number of hydrogen-bond acceptors (Lipinski definition) is 3. The number of nitrogens with zero attached hydrogens (tertiary/aromatic N) is 1. The topological polar surface area (TPSA) is 42.7 Å². The molecule has 120 valence electrons. The largest absolute Gasteiger partial charge is 0.488 e. The van der Waals surface area contributed by atoms with Gasteiger partial charge in [0.15, 0.2) is 0 Å². The van der Waals surface area contributed by atoms with Gasteiger partial charge in [-0.2, -0.15) is 0 Å². The lowest BCUT2D eigenvalue weighted by atomic mass is 10.1. The molecule has 0 saturated heterocycles. The van der Waals surface area contributed by atoms with Crippen LogP contribution in [0.15, 0.2) is 52.8 Å². The van der Waals surface area contributed by atoms with Gasteiger partial charge in [-0.3, -0.25) is 4.79 Å². The van der Waals surface area contributed by atoms with Crippen LogP contribution >= 0.6 is 0 Å². The molecule has 4 nitrogen and oxygen atoms in total. The Bertz CT molecular complexity index is 688. The average Bonchev–Trinajstić information content (AvgIpc) is 3.10. The number of unbranched alkanes of at least 4 members (excludes halogenated alkanes) is 1. The first-order valence-corrected chi connectivity index (χ1v) is 8.00. The highest BCUT2D eigenvalue weighted by molar-refractivity contribution is 5.99. The molecule has 2 aromatic rings. The Morgan fingerprint density at radius 1 is 1.26 bits per heavy atom. The molecule has 1 aromatic heterocycles. The number of carbonyl (C=O) groups is 1. The van der Waals surface area contributed by atoms with E-state index >= 15 is 0 Å². The summed E-state index contributed by atoms with van der Waals surface area (Å²) in [6.45, 7) is 3.75. The molecule has 3 rings (SSSR count). The number of amides is 1. The van der Waals surface area contributed by atoms with Crippen molar-refractivity contribution in [1.82, 2.24) is 4.90 Å². The monoisotopic (exact) mass is 311 g/mol. The summed E-state index contributed by atoms with van der Waals surface area (Å²) in [4.78, 5) is 14.8. The van der Waals surface area contributed by atoms with Crippen molar-refractivity contribution in [3.8, 4) is 5.75 Å². The summed E-state index contributed by atoms with van der Waals surface area (Å²) in [5.74, 6) is 0.869. The van der Waals surface area contributed by atoms with Crippen LogP contribution in [-0.4, -0.2) is 24.0 Å². The molecule has 1 aromatic carbocycles. The van der Waals surface area contributed by atoms with Crippen LogP contribution in [0.2, 0.25) is 0 Å². The Morgan fingerprint density at radius 3 is 2.91 bits per heavy atom. The third-order valence-electron chi connectivity index (χ3n) is 3.93. The van der Waals surface area contributed by atoms with Crippen molar-refractivity contribution in [3.05, 3.63) is 59.6 Å². The van der Waals surface area contributed by atoms with Crippen LogP contribution in [0.3, 0.4) is 0 Å². The zero-order valence-electron chi connectivity index (χ0n) is 13.3. The van der Waals surface area contributed by atoms with Gasteiger partial charge in [0.25, 0.3) is 5.91 Å². The van der Waals surface area contributed by atoms with E-state index in [4.69, 9.17) is 9.15 Å². The normalized spacial score (nSPS) is 13.0. The highest BCUT2D eigenvalue weighted by Crippen LogP contribution is 2.26. The lowest BCUT2D eigenvalue weighted by molar-refractivity contribution is -0.128. The summed E-state index contributed by atoms with van der Waals surface area (Å²) in [6, 6.07) is 9.67. The first-order chi connectivity index (χ1) is 11.3. The molecule has 1 aliphatic rings. The molecule has 0 atom stereocenters. The molecule has 0 unspecified atom stereocenters. The Balaban J connectivity index is 1.79. The summed E-state index contributed by atoms with van der Waals surface area (Å²) >= 11 is 0.